The lowest BCUT2D eigenvalue weighted by atomic mass is 10.2. The van der Waals surface area contributed by atoms with E-state index in [0.717, 1.165) is 28.8 Å². The first-order chi connectivity index (χ1) is 10.2. The van der Waals surface area contributed by atoms with Gasteiger partial charge in [0.15, 0.2) is 0 Å². The molecule has 1 aliphatic rings. The molecule has 0 spiro atoms. The molecule has 21 heavy (non-hydrogen) atoms. The highest BCUT2D eigenvalue weighted by Crippen LogP contribution is 2.16. The van der Waals surface area contributed by atoms with E-state index in [9.17, 15) is 4.79 Å². The van der Waals surface area contributed by atoms with Crippen LogP contribution in [-0.4, -0.2) is 36.1 Å². The fourth-order valence-electron chi connectivity index (χ4n) is 2.33. The molecule has 0 unspecified atom stereocenters. The molecule has 5 nitrogen and oxygen atoms in total. The molecule has 0 radical (unpaired) electrons. The molecule has 2 heterocycles. The Morgan fingerprint density at radius 3 is 2.71 bits per heavy atom. The van der Waals surface area contributed by atoms with E-state index in [-0.39, 0.29) is 5.56 Å². The predicted octanol–water partition coefficient (Wildman–Crippen LogP) is 1.89. The zero-order chi connectivity index (χ0) is 14.7. The highest BCUT2D eigenvalue weighted by Gasteiger charge is 2.13. The van der Waals surface area contributed by atoms with Crippen LogP contribution in [0, 0.1) is 0 Å². The minimum atomic E-state index is -0.0882. The van der Waals surface area contributed by atoms with Crippen molar-refractivity contribution in [1.29, 1.82) is 0 Å². The van der Waals surface area contributed by atoms with E-state index in [2.05, 4.69) is 25.9 Å². The summed E-state index contributed by atoms with van der Waals surface area (Å²) in [5, 5.41) is 4.29. The standard InChI is InChI=1S/C15H16BrN3O2/c16-14-4-2-1-3-12(14)11-19-15(20)9-13(10-17-19)18-5-7-21-8-6-18/h1-4,9-10H,5-8,11H2. The van der Waals surface area contributed by atoms with E-state index in [1.807, 2.05) is 24.3 Å². The van der Waals surface area contributed by atoms with Gasteiger partial charge >= 0.3 is 0 Å². The summed E-state index contributed by atoms with van der Waals surface area (Å²) in [7, 11) is 0. The summed E-state index contributed by atoms with van der Waals surface area (Å²) in [5.74, 6) is 0. The van der Waals surface area contributed by atoms with Crippen molar-refractivity contribution < 1.29 is 4.74 Å². The summed E-state index contributed by atoms with van der Waals surface area (Å²) in [6.45, 7) is 3.45. The maximum absolute atomic E-state index is 12.2. The van der Waals surface area contributed by atoms with Gasteiger partial charge in [-0.1, -0.05) is 34.1 Å². The number of morpholine rings is 1. The molecule has 1 fully saturated rings. The molecule has 2 aromatic rings. The van der Waals surface area contributed by atoms with Crippen LogP contribution >= 0.6 is 15.9 Å². The van der Waals surface area contributed by atoms with Gasteiger partial charge in [0.05, 0.1) is 31.6 Å². The Morgan fingerprint density at radius 2 is 2.00 bits per heavy atom. The number of anilines is 1. The van der Waals surface area contributed by atoms with Gasteiger partial charge in [-0.25, -0.2) is 4.68 Å². The topological polar surface area (TPSA) is 47.4 Å². The number of ether oxygens (including phenoxy) is 1. The monoisotopic (exact) mass is 349 g/mol. The summed E-state index contributed by atoms with van der Waals surface area (Å²) in [6.07, 6.45) is 1.75. The summed E-state index contributed by atoms with van der Waals surface area (Å²) in [4.78, 5) is 14.4. The lowest BCUT2D eigenvalue weighted by molar-refractivity contribution is 0.122. The van der Waals surface area contributed by atoms with Crippen LogP contribution in [-0.2, 0) is 11.3 Å². The Labute approximate surface area is 131 Å². The van der Waals surface area contributed by atoms with Gasteiger partial charge in [-0.05, 0) is 11.6 Å². The molecule has 6 heteroatoms. The van der Waals surface area contributed by atoms with E-state index in [1.165, 1.54) is 4.68 Å². The molecule has 1 aromatic carbocycles. The summed E-state index contributed by atoms with van der Waals surface area (Å²) >= 11 is 3.49. The first kappa shape index (κ1) is 14.3. The fourth-order valence-corrected chi connectivity index (χ4v) is 2.74. The molecule has 1 aliphatic heterocycles. The van der Waals surface area contributed by atoms with E-state index in [0.29, 0.717) is 19.8 Å². The minimum Gasteiger partial charge on any atom is -0.378 e. The van der Waals surface area contributed by atoms with Crippen LogP contribution in [0.1, 0.15) is 5.56 Å². The van der Waals surface area contributed by atoms with Crippen LogP contribution in [0.25, 0.3) is 0 Å². The highest BCUT2D eigenvalue weighted by atomic mass is 79.9. The van der Waals surface area contributed by atoms with Crippen molar-refractivity contribution in [3.63, 3.8) is 0 Å². The number of rotatable bonds is 3. The first-order valence-electron chi connectivity index (χ1n) is 6.87. The van der Waals surface area contributed by atoms with E-state index in [4.69, 9.17) is 4.74 Å². The maximum atomic E-state index is 12.2. The largest absolute Gasteiger partial charge is 0.378 e. The van der Waals surface area contributed by atoms with Crippen molar-refractivity contribution in [2.45, 2.75) is 6.54 Å². The average molecular weight is 350 g/mol. The van der Waals surface area contributed by atoms with E-state index in [1.54, 1.807) is 12.3 Å². The van der Waals surface area contributed by atoms with Crippen molar-refractivity contribution in [3.8, 4) is 0 Å². The molecule has 0 saturated carbocycles. The van der Waals surface area contributed by atoms with Crippen LogP contribution in [0.2, 0.25) is 0 Å². The van der Waals surface area contributed by atoms with Gasteiger partial charge in [-0.15, -0.1) is 0 Å². The second-order valence-corrected chi connectivity index (χ2v) is 5.75. The number of halogens is 1. The summed E-state index contributed by atoms with van der Waals surface area (Å²) in [6, 6.07) is 9.49. The van der Waals surface area contributed by atoms with E-state index >= 15 is 0 Å². The maximum Gasteiger partial charge on any atom is 0.269 e. The van der Waals surface area contributed by atoms with Crippen LogP contribution in [0.3, 0.4) is 0 Å². The SMILES string of the molecule is O=c1cc(N2CCOCC2)cnn1Cc1ccccc1Br. The van der Waals surface area contributed by atoms with Crippen LogP contribution < -0.4 is 10.5 Å². The van der Waals surface area contributed by atoms with Crippen molar-refractivity contribution >= 4 is 21.6 Å². The Hall–Kier alpha value is -1.66. The van der Waals surface area contributed by atoms with E-state index < -0.39 is 0 Å². The zero-order valence-corrected chi connectivity index (χ0v) is 13.1. The fraction of sp³-hybridized carbons (Fsp3) is 0.333. The van der Waals surface area contributed by atoms with Crippen LogP contribution in [0.5, 0.6) is 0 Å². The van der Waals surface area contributed by atoms with Gasteiger partial charge in [0, 0.05) is 23.6 Å². The Kier molecular flexibility index (Phi) is 4.36. The average Bonchev–Trinajstić information content (AvgIpc) is 2.52. The third-order valence-electron chi connectivity index (χ3n) is 3.51. The number of hydrogen-bond donors (Lipinski definition) is 0. The molecule has 0 aliphatic carbocycles. The lowest BCUT2D eigenvalue weighted by Crippen LogP contribution is -2.37. The molecular formula is C15H16BrN3O2. The molecule has 1 aromatic heterocycles. The van der Waals surface area contributed by atoms with Crippen molar-refractivity contribution in [2.75, 3.05) is 31.2 Å². The van der Waals surface area contributed by atoms with Crippen molar-refractivity contribution in [3.05, 3.63) is 56.9 Å². The van der Waals surface area contributed by atoms with Crippen LogP contribution in [0.15, 0.2) is 45.8 Å². The molecular weight excluding hydrogens is 334 g/mol. The second kappa shape index (κ2) is 6.41. The highest BCUT2D eigenvalue weighted by molar-refractivity contribution is 9.10. The number of hydrogen-bond acceptors (Lipinski definition) is 4. The smallest absolute Gasteiger partial charge is 0.269 e. The van der Waals surface area contributed by atoms with Crippen molar-refractivity contribution in [1.82, 2.24) is 9.78 Å². The van der Waals surface area contributed by atoms with Gasteiger partial charge < -0.3 is 9.64 Å². The Bertz CT molecular complexity index is 681. The van der Waals surface area contributed by atoms with Gasteiger partial charge in [0.1, 0.15) is 0 Å². The molecule has 3 rings (SSSR count). The molecule has 0 amide bonds. The molecule has 0 bridgehead atoms. The molecule has 1 saturated heterocycles. The van der Waals surface area contributed by atoms with Crippen molar-refractivity contribution in [2.24, 2.45) is 0 Å². The quantitative estimate of drug-likeness (QED) is 0.848. The number of nitrogens with zero attached hydrogens (tertiary/aromatic N) is 3. The van der Waals surface area contributed by atoms with Crippen LogP contribution in [0.4, 0.5) is 5.69 Å². The number of aromatic nitrogens is 2. The third-order valence-corrected chi connectivity index (χ3v) is 4.28. The first-order valence-corrected chi connectivity index (χ1v) is 7.66. The Morgan fingerprint density at radius 1 is 1.24 bits per heavy atom. The third kappa shape index (κ3) is 3.33. The minimum absolute atomic E-state index is 0.0882. The number of benzene rings is 1. The molecule has 0 atom stereocenters. The lowest BCUT2D eigenvalue weighted by Gasteiger charge is -2.28. The molecule has 110 valence electrons. The van der Waals surface area contributed by atoms with Gasteiger partial charge in [-0.2, -0.15) is 5.10 Å². The summed E-state index contributed by atoms with van der Waals surface area (Å²) in [5.41, 5.74) is 1.81. The summed E-state index contributed by atoms with van der Waals surface area (Å²) < 4.78 is 7.78. The molecule has 0 N–H and O–H groups in total. The zero-order valence-electron chi connectivity index (χ0n) is 11.5. The Balaban J connectivity index is 1.81. The predicted molar refractivity (Wildman–Crippen MR) is 84.8 cm³/mol. The van der Waals surface area contributed by atoms with Gasteiger partial charge in [0.25, 0.3) is 5.56 Å². The van der Waals surface area contributed by atoms with Gasteiger partial charge in [0.2, 0.25) is 0 Å². The second-order valence-electron chi connectivity index (χ2n) is 4.90. The van der Waals surface area contributed by atoms with Gasteiger partial charge in [-0.3, -0.25) is 4.79 Å². The normalized spacial score (nSPS) is 15.2.